The average molecular weight is 407 g/mol. The molecule has 1 fully saturated rings. The average Bonchev–Trinajstić information content (AvgIpc) is 3.24. The minimum Gasteiger partial charge on any atom is -0.387 e. The van der Waals surface area contributed by atoms with Crippen LogP contribution in [0.5, 0.6) is 0 Å². The van der Waals surface area contributed by atoms with Crippen LogP contribution in [0.25, 0.3) is 11.0 Å². The van der Waals surface area contributed by atoms with Gasteiger partial charge < -0.3 is 24.6 Å². The SMILES string of the molecule is CC(O)(c1ccc(Cl)cc1)C1O[C@@H](n2ccc3c(NO)ncnc32)[C@H](O)[C@@H]1O. The fraction of sp³-hybridized carbons (Fsp3) is 0.333. The van der Waals surface area contributed by atoms with Crippen LogP contribution < -0.4 is 5.48 Å². The Morgan fingerprint density at radius 2 is 1.86 bits per heavy atom. The Morgan fingerprint density at radius 1 is 1.14 bits per heavy atom. The maximum Gasteiger partial charge on any atom is 0.164 e. The van der Waals surface area contributed by atoms with Gasteiger partial charge >= 0.3 is 0 Å². The smallest absolute Gasteiger partial charge is 0.164 e. The Morgan fingerprint density at radius 3 is 2.54 bits per heavy atom. The topological polar surface area (TPSA) is 133 Å². The van der Waals surface area contributed by atoms with Gasteiger partial charge in [-0.05, 0) is 30.7 Å². The van der Waals surface area contributed by atoms with Gasteiger partial charge in [-0.15, -0.1) is 0 Å². The molecule has 1 aliphatic rings. The van der Waals surface area contributed by atoms with Gasteiger partial charge in [0.15, 0.2) is 12.0 Å². The molecule has 0 amide bonds. The number of hydrogen-bond donors (Lipinski definition) is 5. The van der Waals surface area contributed by atoms with Crippen molar-refractivity contribution in [3.8, 4) is 0 Å². The molecule has 10 heteroatoms. The highest BCUT2D eigenvalue weighted by atomic mass is 35.5. The molecule has 0 aliphatic carbocycles. The molecule has 5 N–H and O–H groups in total. The number of aliphatic hydroxyl groups excluding tert-OH is 2. The maximum atomic E-state index is 11.1. The monoisotopic (exact) mass is 406 g/mol. The first-order valence-electron chi connectivity index (χ1n) is 8.56. The molecule has 5 atom stereocenters. The number of hydrogen-bond acceptors (Lipinski definition) is 8. The van der Waals surface area contributed by atoms with Gasteiger partial charge in [0.05, 0.1) is 5.39 Å². The van der Waals surface area contributed by atoms with Crippen molar-refractivity contribution >= 4 is 28.5 Å². The summed E-state index contributed by atoms with van der Waals surface area (Å²) in [4.78, 5) is 8.07. The Labute approximate surface area is 164 Å². The van der Waals surface area contributed by atoms with Crippen LogP contribution in [0.3, 0.4) is 0 Å². The van der Waals surface area contributed by atoms with Crippen molar-refractivity contribution in [1.29, 1.82) is 0 Å². The summed E-state index contributed by atoms with van der Waals surface area (Å²) in [6.07, 6.45) is -1.94. The lowest BCUT2D eigenvalue weighted by molar-refractivity contribution is -0.135. The third-order valence-corrected chi connectivity index (χ3v) is 5.36. The Kier molecular flexibility index (Phi) is 4.74. The number of nitrogens with zero attached hydrogens (tertiary/aromatic N) is 3. The summed E-state index contributed by atoms with van der Waals surface area (Å²) < 4.78 is 7.42. The second-order valence-corrected chi connectivity index (χ2v) is 7.31. The highest BCUT2D eigenvalue weighted by Crippen LogP contribution is 2.40. The number of halogens is 1. The molecule has 0 saturated carbocycles. The number of nitrogens with one attached hydrogen (secondary N) is 1. The summed E-state index contributed by atoms with van der Waals surface area (Å²) >= 11 is 5.90. The molecule has 3 aromatic rings. The van der Waals surface area contributed by atoms with Crippen LogP contribution in [0.15, 0.2) is 42.9 Å². The molecular formula is C18H19ClN4O5. The van der Waals surface area contributed by atoms with Crippen LogP contribution in [-0.2, 0) is 10.3 Å². The fourth-order valence-electron chi connectivity index (χ4n) is 3.57. The number of aliphatic hydroxyl groups is 3. The molecule has 2 unspecified atom stereocenters. The number of anilines is 1. The van der Waals surface area contributed by atoms with Crippen molar-refractivity contribution in [2.75, 3.05) is 5.48 Å². The number of benzene rings is 1. The lowest BCUT2D eigenvalue weighted by Gasteiger charge is -2.32. The van der Waals surface area contributed by atoms with Crippen molar-refractivity contribution in [2.24, 2.45) is 0 Å². The molecule has 9 nitrogen and oxygen atoms in total. The third-order valence-electron chi connectivity index (χ3n) is 5.11. The zero-order valence-electron chi connectivity index (χ0n) is 14.8. The molecule has 2 aromatic heterocycles. The van der Waals surface area contributed by atoms with Crippen molar-refractivity contribution in [3.63, 3.8) is 0 Å². The summed E-state index contributed by atoms with van der Waals surface area (Å²) in [7, 11) is 0. The summed E-state index contributed by atoms with van der Waals surface area (Å²) in [6.45, 7) is 1.50. The highest BCUT2D eigenvalue weighted by molar-refractivity contribution is 6.30. The van der Waals surface area contributed by atoms with Crippen LogP contribution in [0.2, 0.25) is 5.02 Å². The van der Waals surface area contributed by atoms with Gasteiger partial charge in [0.25, 0.3) is 0 Å². The summed E-state index contributed by atoms with van der Waals surface area (Å²) in [6, 6.07) is 8.16. The zero-order valence-corrected chi connectivity index (χ0v) is 15.5. The van der Waals surface area contributed by atoms with Crippen molar-refractivity contribution < 1.29 is 25.3 Å². The van der Waals surface area contributed by atoms with Crippen LogP contribution in [0, 0.1) is 0 Å². The second-order valence-electron chi connectivity index (χ2n) is 6.88. The van der Waals surface area contributed by atoms with E-state index in [1.807, 2.05) is 5.48 Å². The first kappa shape index (κ1) is 19.1. The van der Waals surface area contributed by atoms with E-state index in [0.717, 1.165) is 0 Å². The first-order valence-corrected chi connectivity index (χ1v) is 8.94. The van der Waals surface area contributed by atoms with Gasteiger partial charge in [0, 0.05) is 11.2 Å². The lowest BCUT2D eigenvalue weighted by Crippen LogP contribution is -2.45. The Balaban J connectivity index is 1.69. The van der Waals surface area contributed by atoms with E-state index in [1.165, 1.54) is 17.8 Å². The minimum atomic E-state index is -1.59. The summed E-state index contributed by atoms with van der Waals surface area (Å²) in [5.41, 5.74) is 1.27. The molecule has 1 aromatic carbocycles. The van der Waals surface area contributed by atoms with E-state index in [9.17, 15) is 20.5 Å². The van der Waals surface area contributed by atoms with Crippen molar-refractivity contribution in [1.82, 2.24) is 14.5 Å². The number of aromatic nitrogens is 3. The standard InChI is InChI=1S/C18H19ClN4O5/c1-18(26,9-2-4-10(19)5-3-9)14-12(24)13(25)17(28-14)23-7-6-11-15(22-27)20-8-21-16(11)23/h2-8,12-14,17,24-27H,1H3,(H,20,21,22)/t12-,13+,14?,17+,18?/m0/s1. The van der Waals surface area contributed by atoms with Gasteiger partial charge in [0.2, 0.25) is 0 Å². The molecule has 3 heterocycles. The van der Waals surface area contributed by atoms with E-state index in [-0.39, 0.29) is 5.82 Å². The number of rotatable bonds is 4. The van der Waals surface area contributed by atoms with E-state index in [4.69, 9.17) is 16.3 Å². The van der Waals surface area contributed by atoms with Crippen molar-refractivity contribution in [3.05, 3.63) is 53.4 Å². The zero-order chi connectivity index (χ0) is 20.1. The number of ether oxygens (including phenoxy) is 1. The van der Waals surface area contributed by atoms with Crippen LogP contribution in [0.1, 0.15) is 18.7 Å². The predicted molar refractivity (Wildman–Crippen MR) is 99.9 cm³/mol. The predicted octanol–water partition coefficient (Wildman–Crippen LogP) is 1.41. The van der Waals surface area contributed by atoms with E-state index >= 15 is 0 Å². The molecular weight excluding hydrogens is 388 g/mol. The second kappa shape index (κ2) is 6.96. The molecule has 4 rings (SSSR count). The maximum absolute atomic E-state index is 11.1. The molecule has 0 radical (unpaired) electrons. The third kappa shape index (κ3) is 2.93. The summed E-state index contributed by atoms with van der Waals surface area (Å²) in [5.74, 6) is 0.196. The molecule has 1 saturated heterocycles. The van der Waals surface area contributed by atoms with Crippen molar-refractivity contribution in [2.45, 2.75) is 37.1 Å². The molecule has 0 spiro atoms. The van der Waals surface area contributed by atoms with Crippen LogP contribution in [-0.4, -0.2) is 53.4 Å². The van der Waals surface area contributed by atoms with Gasteiger partial charge in [-0.2, -0.15) is 0 Å². The van der Waals surface area contributed by atoms with E-state index < -0.39 is 30.1 Å². The van der Waals surface area contributed by atoms with Crippen LogP contribution in [0.4, 0.5) is 5.82 Å². The molecule has 148 valence electrons. The lowest BCUT2D eigenvalue weighted by atomic mass is 9.87. The van der Waals surface area contributed by atoms with Gasteiger partial charge in [-0.1, -0.05) is 23.7 Å². The van der Waals surface area contributed by atoms with Gasteiger partial charge in [-0.3, -0.25) is 10.7 Å². The first-order chi connectivity index (χ1) is 13.3. The van der Waals surface area contributed by atoms with E-state index in [0.29, 0.717) is 21.6 Å². The fourth-order valence-corrected chi connectivity index (χ4v) is 3.70. The molecule has 28 heavy (non-hydrogen) atoms. The number of fused-ring (bicyclic) bond motifs is 1. The Hall–Kier alpha value is -2.27. The van der Waals surface area contributed by atoms with Crippen LogP contribution >= 0.6 is 11.6 Å². The van der Waals surface area contributed by atoms with E-state index in [1.54, 1.807) is 36.5 Å². The molecule has 1 aliphatic heterocycles. The Bertz CT molecular complexity index is 993. The molecule has 0 bridgehead atoms. The quantitative estimate of drug-likeness (QED) is 0.411. The minimum absolute atomic E-state index is 0.196. The largest absolute Gasteiger partial charge is 0.387 e. The van der Waals surface area contributed by atoms with Gasteiger partial charge in [0.1, 0.15) is 35.9 Å². The summed E-state index contributed by atoms with van der Waals surface area (Å²) in [5, 5.41) is 42.5. The highest BCUT2D eigenvalue weighted by Gasteiger charge is 2.52. The normalized spacial score (nSPS) is 27.1. The van der Waals surface area contributed by atoms with E-state index in [2.05, 4.69) is 9.97 Å². The van der Waals surface area contributed by atoms with Gasteiger partial charge in [-0.25, -0.2) is 9.97 Å².